The maximum Gasteiger partial charge on any atom is 0.240 e. The standard InChI is InChI=1S/C12H20BrN3O2S/c1-3-16(4-2)8-7-15-19(17,18)10-5-6-12(14)11(13)9-10/h5-6,9,15H,3-4,7-8,14H2,1-2H3. The zero-order chi connectivity index (χ0) is 14.5. The Hall–Kier alpha value is -0.630. The van der Waals surface area contributed by atoms with Crippen molar-refractivity contribution in [2.45, 2.75) is 18.7 Å². The van der Waals surface area contributed by atoms with Gasteiger partial charge < -0.3 is 10.6 Å². The van der Waals surface area contributed by atoms with Crippen LogP contribution in [0.3, 0.4) is 0 Å². The van der Waals surface area contributed by atoms with Crippen molar-refractivity contribution in [1.29, 1.82) is 0 Å². The van der Waals surface area contributed by atoms with Crippen LogP contribution < -0.4 is 10.5 Å². The predicted molar refractivity (Wildman–Crippen MR) is 81.5 cm³/mol. The zero-order valence-electron chi connectivity index (χ0n) is 11.2. The molecule has 0 aliphatic heterocycles. The summed E-state index contributed by atoms with van der Waals surface area (Å²) in [5.74, 6) is 0. The summed E-state index contributed by atoms with van der Waals surface area (Å²) in [5, 5.41) is 0. The maximum absolute atomic E-state index is 12.1. The molecule has 19 heavy (non-hydrogen) atoms. The number of hydrogen-bond acceptors (Lipinski definition) is 4. The SMILES string of the molecule is CCN(CC)CCNS(=O)(=O)c1ccc(N)c(Br)c1. The first-order valence-electron chi connectivity index (χ1n) is 6.17. The molecule has 0 aliphatic rings. The van der Waals surface area contributed by atoms with E-state index in [0.717, 1.165) is 13.1 Å². The normalized spacial score (nSPS) is 12.0. The molecule has 1 rings (SSSR count). The van der Waals surface area contributed by atoms with Gasteiger partial charge in [0.2, 0.25) is 10.0 Å². The van der Waals surface area contributed by atoms with Crippen molar-refractivity contribution < 1.29 is 8.42 Å². The molecule has 5 nitrogen and oxygen atoms in total. The van der Waals surface area contributed by atoms with Crippen molar-refractivity contribution in [3.8, 4) is 0 Å². The van der Waals surface area contributed by atoms with Crippen LogP contribution in [0, 0.1) is 0 Å². The van der Waals surface area contributed by atoms with Crippen molar-refractivity contribution in [2.24, 2.45) is 0 Å². The lowest BCUT2D eigenvalue weighted by molar-refractivity contribution is 0.309. The number of likely N-dealkylation sites (N-methyl/N-ethyl adjacent to an activating group) is 1. The highest BCUT2D eigenvalue weighted by atomic mass is 79.9. The average molecular weight is 350 g/mol. The van der Waals surface area contributed by atoms with Crippen LogP contribution in [0.1, 0.15) is 13.8 Å². The molecule has 0 spiro atoms. The molecule has 108 valence electrons. The minimum absolute atomic E-state index is 0.216. The molecule has 7 heteroatoms. The average Bonchev–Trinajstić information content (AvgIpc) is 2.37. The van der Waals surface area contributed by atoms with Gasteiger partial charge in [0.05, 0.1) is 4.90 Å². The minimum atomic E-state index is -3.47. The second kappa shape index (κ2) is 7.23. The summed E-state index contributed by atoms with van der Waals surface area (Å²) >= 11 is 3.23. The Morgan fingerprint density at radius 2 is 1.95 bits per heavy atom. The predicted octanol–water partition coefficient (Wildman–Crippen LogP) is 1.65. The topological polar surface area (TPSA) is 75.4 Å². The molecule has 0 saturated carbocycles. The Morgan fingerprint density at radius 3 is 2.47 bits per heavy atom. The summed E-state index contributed by atoms with van der Waals surface area (Å²) in [6.07, 6.45) is 0. The van der Waals surface area contributed by atoms with Gasteiger partial charge in [-0.1, -0.05) is 13.8 Å². The molecule has 3 N–H and O–H groups in total. The van der Waals surface area contributed by atoms with E-state index in [1.165, 1.54) is 12.1 Å². The van der Waals surface area contributed by atoms with Gasteiger partial charge in [0, 0.05) is 23.2 Å². The van der Waals surface area contributed by atoms with E-state index in [9.17, 15) is 8.42 Å². The summed E-state index contributed by atoms with van der Waals surface area (Å²) in [6.45, 7) is 7.01. The fraction of sp³-hybridized carbons (Fsp3) is 0.500. The largest absolute Gasteiger partial charge is 0.398 e. The quantitative estimate of drug-likeness (QED) is 0.734. The summed E-state index contributed by atoms with van der Waals surface area (Å²) in [5.41, 5.74) is 6.15. The van der Waals surface area contributed by atoms with Crippen LogP contribution in [0.5, 0.6) is 0 Å². The number of rotatable bonds is 7. The van der Waals surface area contributed by atoms with Crippen LogP contribution in [0.15, 0.2) is 27.6 Å². The highest BCUT2D eigenvalue weighted by molar-refractivity contribution is 9.10. The molecular weight excluding hydrogens is 330 g/mol. The molecular formula is C12H20BrN3O2S. The van der Waals surface area contributed by atoms with Crippen LogP contribution in [0.4, 0.5) is 5.69 Å². The first-order chi connectivity index (χ1) is 8.90. The highest BCUT2D eigenvalue weighted by Gasteiger charge is 2.14. The lowest BCUT2D eigenvalue weighted by Gasteiger charge is -2.18. The number of nitrogens with one attached hydrogen (secondary N) is 1. The summed E-state index contributed by atoms with van der Waals surface area (Å²) in [7, 11) is -3.47. The molecule has 0 radical (unpaired) electrons. The van der Waals surface area contributed by atoms with Crippen LogP contribution in [-0.2, 0) is 10.0 Å². The van der Waals surface area contributed by atoms with E-state index in [0.29, 0.717) is 23.2 Å². The molecule has 0 fully saturated rings. The van der Waals surface area contributed by atoms with Crippen LogP contribution in [-0.4, -0.2) is 39.5 Å². The zero-order valence-corrected chi connectivity index (χ0v) is 13.6. The van der Waals surface area contributed by atoms with Gasteiger partial charge in [-0.15, -0.1) is 0 Å². The van der Waals surface area contributed by atoms with Gasteiger partial charge >= 0.3 is 0 Å². The third-order valence-electron chi connectivity index (χ3n) is 2.90. The number of nitrogen functional groups attached to an aromatic ring is 1. The molecule has 1 aromatic rings. The molecule has 0 heterocycles. The van der Waals surface area contributed by atoms with Crippen molar-refractivity contribution in [3.63, 3.8) is 0 Å². The van der Waals surface area contributed by atoms with E-state index >= 15 is 0 Å². The number of nitrogens with two attached hydrogens (primary N) is 1. The van der Waals surface area contributed by atoms with Gasteiger partial charge in [-0.05, 0) is 47.2 Å². The van der Waals surface area contributed by atoms with E-state index in [1.807, 2.05) is 0 Å². The van der Waals surface area contributed by atoms with E-state index < -0.39 is 10.0 Å². The van der Waals surface area contributed by atoms with E-state index in [-0.39, 0.29) is 4.90 Å². The van der Waals surface area contributed by atoms with Crippen molar-refractivity contribution in [2.75, 3.05) is 31.9 Å². The fourth-order valence-electron chi connectivity index (χ4n) is 1.64. The van der Waals surface area contributed by atoms with Gasteiger partial charge in [0.1, 0.15) is 0 Å². The Balaban J connectivity index is 2.68. The third kappa shape index (κ3) is 4.76. The number of benzene rings is 1. The van der Waals surface area contributed by atoms with E-state index in [2.05, 4.69) is 39.4 Å². The van der Waals surface area contributed by atoms with Crippen molar-refractivity contribution >= 4 is 31.6 Å². The van der Waals surface area contributed by atoms with E-state index in [4.69, 9.17) is 5.73 Å². The molecule has 1 aromatic carbocycles. The van der Waals surface area contributed by atoms with Gasteiger partial charge in [-0.25, -0.2) is 13.1 Å². The molecule has 0 unspecified atom stereocenters. The molecule has 0 aromatic heterocycles. The molecule has 0 saturated heterocycles. The first-order valence-corrected chi connectivity index (χ1v) is 8.45. The Bertz CT molecular complexity index is 516. The van der Waals surface area contributed by atoms with E-state index in [1.54, 1.807) is 6.07 Å². The lowest BCUT2D eigenvalue weighted by Crippen LogP contribution is -2.34. The number of hydrogen-bond donors (Lipinski definition) is 2. The number of anilines is 1. The second-order valence-electron chi connectivity index (χ2n) is 4.11. The molecule has 0 bridgehead atoms. The monoisotopic (exact) mass is 349 g/mol. The van der Waals surface area contributed by atoms with Gasteiger partial charge in [-0.3, -0.25) is 0 Å². The second-order valence-corrected chi connectivity index (χ2v) is 6.73. The lowest BCUT2D eigenvalue weighted by atomic mass is 10.3. The Kier molecular flexibility index (Phi) is 6.25. The number of halogens is 1. The van der Waals surface area contributed by atoms with Crippen molar-refractivity contribution in [3.05, 3.63) is 22.7 Å². The van der Waals surface area contributed by atoms with Crippen LogP contribution in [0.2, 0.25) is 0 Å². The molecule has 0 aliphatic carbocycles. The third-order valence-corrected chi connectivity index (χ3v) is 5.04. The summed E-state index contributed by atoms with van der Waals surface area (Å²) in [6, 6.07) is 4.58. The maximum atomic E-state index is 12.1. The van der Waals surface area contributed by atoms with Crippen LogP contribution in [0.25, 0.3) is 0 Å². The van der Waals surface area contributed by atoms with Crippen molar-refractivity contribution in [1.82, 2.24) is 9.62 Å². The highest BCUT2D eigenvalue weighted by Crippen LogP contribution is 2.22. The van der Waals surface area contributed by atoms with Gasteiger partial charge in [0.15, 0.2) is 0 Å². The molecule has 0 atom stereocenters. The van der Waals surface area contributed by atoms with Crippen LogP contribution >= 0.6 is 15.9 Å². The Morgan fingerprint density at radius 1 is 1.32 bits per heavy atom. The first kappa shape index (κ1) is 16.4. The number of nitrogens with zero attached hydrogens (tertiary/aromatic N) is 1. The van der Waals surface area contributed by atoms with Gasteiger partial charge in [-0.2, -0.15) is 0 Å². The minimum Gasteiger partial charge on any atom is -0.398 e. The molecule has 0 amide bonds. The van der Waals surface area contributed by atoms with Gasteiger partial charge in [0.25, 0.3) is 0 Å². The smallest absolute Gasteiger partial charge is 0.240 e. The Labute approximate surface area is 123 Å². The fourth-order valence-corrected chi connectivity index (χ4v) is 3.21. The summed E-state index contributed by atoms with van der Waals surface area (Å²) in [4.78, 5) is 2.37. The summed E-state index contributed by atoms with van der Waals surface area (Å²) < 4.78 is 27.3. The number of sulfonamides is 1.